The summed E-state index contributed by atoms with van der Waals surface area (Å²) in [5.41, 5.74) is 0. The fourth-order valence-corrected chi connectivity index (χ4v) is 2.43. The number of hydrogen-bond donors (Lipinski definition) is 3. The first-order valence-corrected chi connectivity index (χ1v) is 8.09. The summed E-state index contributed by atoms with van der Waals surface area (Å²) in [5, 5.41) is 14.5. The van der Waals surface area contributed by atoms with Crippen molar-refractivity contribution in [1.82, 2.24) is 25.5 Å². The minimum absolute atomic E-state index is 0.225. The third-order valence-electron chi connectivity index (χ3n) is 3.70. The Morgan fingerprint density at radius 2 is 1.96 bits per heavy atom. The zero-order valence-electron chi connectivity index (χ0n) is 13.6. The van der Waals surface area contributed by atoms with Crippen molar-refractivity contribution in [2.75, 3.05) is 50.7 Å². The van der Waals surface area contributed by atoms with Crippen LogP contribution in [-0.4, -0.2) is 77.9 Å². The molecule has 1 aromatic rings. The van der Waals surface area contributed by atoms with Crippen molar-refractivity contribution in [2.45, 2.75) is 19.4 Å². The highest BCUT2D eigenvalue weighted by atomic mass is 16.3. The van der Waals surface area contributed by atoms with Gasteiger partial charge in [0.2, 0.25) is 5.95 Å². The number of piperazine rings is 1. The summed E-state index contributed by atoms with van der Waals surface area (Å²) in [7, 11) is 0. The molecule has 0 aliphatic carbocycles. The van der Waals surface area contributed by atoms with Crippen LogP contribution in [-0.2, 0) is 0 Å². The molecule has 23 heavy (non-hydrogen) atoms. The van der Waals surface area contributed by atoms with Crippen molar-refractivity contribution in [1.29, 1.82) is 0 Å². The van der Waals surface area contributed by atoms with E-state index in [1.807, 2.05) is 6.07 Å². The molecule has 8 nitrogen and oxygen atoms in total. The number of aliphatic hydroxyl groups excluding tert-OH is 1. The maximum absolute atomic E-state index is 11.4. The van der Waals surface area contributed by atoms with Gasteiger partial charge in [-0.1, -0.05) is 0 Å². The van der Waals surface area contributed by atoms with Crippen LogP contribution in [0.15, 0.2) is 18.5 Å². The molecular formula is C15H26N6O2. The molecule has 1 aliphatic rings. The molecule has 1 fully saturated rings. The first-order chi connectivity index (χ1) is 11.1. The molecule has 0 bridgehead atoms. The van der Waals surface area contributed by atoms with Gasteiger partial charge in [-0.3, -0.25) is 4.90 Å². The molecular weight excluding hydrogens is 296 g/mol. The van der Waals surface area contributed by atoms with Crippen LogP contribution in [0.2, 0.25) is 0 Å². The lowest BCUT2D eigenvalue weighted by Crippen LogP contribution is -2.47. The molecule has 2 rings (SSSR count). The SMILES string of the molecule is C[C@@H](O)CNC(=O)NCCCN1CCN(c2ncccn2)CC1. The van der Waals surface area contributed by atoms with E-state index in [0.717, 1.165) is 45.1 Å². The summed E-state index contributed by atoms with van der Waals surface area (Å²) in [6, 6.07) is 1.60. The Balaban J connectivity index is 1.56. The van der Waals surface area contributed by atoms with Gasteiger partial charge >= 0.3 is 6.03 Å². The lowest BCUT2D eigenvalue weighted by Gasteiger charge is -2.34. The predicted octanol–water partition coefficient (Wildman–Crippen LogP) is -0.331. The van der Waals surface area contributed by atoms with Crippen LogP contribution in [0.3, 0.4) is 0 Å². The highest BCUT2D eigenvalue weighted by Crippen LogP contribution is 2.09. The quantitative estimate of drug-likeness (QED) is 0.595. The van der Waals surface area contributed by atoms with E-state index in [1.54, 1.807) is 19.3 Å². The van der Waals surface area contributed by atoms with Crippen molar-refractivity contribution in [3.05, 3.63) is 18.5 Å². The zero-order valence-corrected chi connectivity index (χ0v) is 13.6. The molecule has 0 unspecified atom stereocenters. The molecule has 0 saturated carbocycles. The number of aromatic nitrogens is 2. The second kappa shape index (κ2) is 9.26. The van der Waals surface area contributed by atoms with Crippen LogP contribution < -0.4 is 15.5 Å². The minimum Gasteiger partial charge on any atom is -0.392 e. The normalized spacial score (nSPS) is 16.9. The van der Waals surface area contributed by atoms with E-state index in [4.69, 9.17) is 5.11 Å². The number of aliphatic hydroxyl groups is 1. The van der Waals surface area contributed by atoms with Crippen LogP contribution in [0, 0.1) is 0 Å². The molecule has 2 amide bonds. The maximum atomic E-state index is 11.4. The molecule has 0 radical (unpaired) electrons. The second-order valence-corrected chi connectivity index (χ2v) is 5.72. The van der Waals surface area contributed by atoms with E-state index in [9.17, 15) is 4.79 Å². The van der Waals surface area contributed by atoms with Crippen molar-refractivity contribution in [3.63, 3.8) is 0 Å². The van der Waals surface area contributed by atoms with Gasteiger partial charge in [0.1, 0.15) is 0 Å². The van der Waals surface area contributed by atoms with Crippen molar-refractivity contribution >= 4 is 12.0 Å². The molecule has 3 N–H and O–H groups in total. The number of rotatable bonds is 7. The van der Waals surface area contributed by atoms with Crippen LogP contribution in [0.5, 0.6) is 0 Å². The Hall–Kier alpha value is -1.93. The molecule has 1 atom stereocenters. The summed E-state index contributed by atoms with van der Waals surface area (Å²) in [6.07, 6.45) is 3.92. The third kappa shape index (κ3) is 6.37. The Morgan fingerprint density at radius 1 is 1.26 bits per heavy atom. The van der Waals surface area contributed by atoms with Gasteiger partial charge in [-0.2, -0.15) is 0 Å². The van der Waals surface area contributed by atoms with Gasteiger partial charge < -0.3 is 20.6 Å². The average molecular weight is 322 g/mol. The lowest BCUT2D eigenvalue weighted by molar-refractivity contribution is 0.187. The Labute approximate surface area is 136 Å². The molecule has 8 heteroatoms. The second-order valence-electron chi connectivity index (χ2n) is 5.72. The van der Waals surface area contributed by atoms with Crippen molar-refractivity contribution < 1.29 is 9.90 Å². The summed E-state index contributed by atoms with van der Waals surface area (Å²) in [6.45, 7) is 7.31. The fourth-order valence-electron chi connectivity index (χ4n) is 2.43. The van der Waals surface area contributed by atoms with E-state index in [-0.39, 0.29) is 12.6 Å². The van der Waals surface area contributed by atoms with E-state index in [1.165, 1.54) is 0 Å². The first kappa shape index (κ1) is 17.4. The van der Waals surface area contributed by atoms with Gasteiger partial charge in [-0.05, 0) is 26.0 Å². The minimum atomic E-state index is -0.523. The van der Waals surface area contributed by atoms with Gasteiger partial charge in [0.25, 0.3) is 0 Å². The zero-order chi connectivity index (χ0) is 16.5. The summed E-state index contributed by atoms with van der Waals surface area (Å²) >= 11 is 0. The van der Waals surface area contributed by atoms with Crippen LogP contribution in [0.1, 0.15) is 13.3 Å². The maximum Gasteiger partial charge on any atom is 0.314 e. The van der Waals surface area contributed by atoms with Gasteiger partial charge in [-0.25, -0.2) is 14.8 Å². The largest absolute Gasteiger partial charge is 0.392 e. The summed E-state index contributed by atoms with van der Waals surface area (Å²) < 4.78 is 0. The summed E-state index contributed by atoms with van der Waals surface area (Å²) in [5.74, 6) is 0.795. The van der Waals surface area contributed by atoms with Crippen LogP contribution in [0.25, 0.3) is 0 Å². The van der Waals surface area contributed by atoms with Gasteiger partial charge in [0, 0.05) is 51.7 Å². The molecule has 0 spiro atoms. The summed E-state index contributed by atoms with van der Waals surface area (Å²) in [4.78, 5) is 24.6. The smallest absolute Gasteiger partial charge is 0.314 e. The fraction of sp³-hybridized carbons (Fsp3) is 0.667. The Kier molecular flexibility index (Phi) is 7.02. The van der Waals surface area contributed by atoms with E-state index in [0.29, 0.717) is 6.54 Å². The number of hydrogen-bond acceptors (Lipinski definition) is 6. The van der Waals surface area contributed by atoms with E-state index >= 15 is 0 Å². The Bertz CT molecular complexity index is 462. The van der Waals surface area contributed by atoms with Crippen LogP contribution in [0.4, 0.5) is 10.7 Å². The Morgan fingerprint density at radius 3 is 2.61 bits per heavy atom. The number of urea groups is 1. The predicted molar refractivity (Wildman–Crippen MR) is 88.4 cm³/mol. The number of carbonyl (C=O) groups excluding carboxylic acids is 1. The lowest BCUT2D eigenvalue weighted by atomic mass is 10.3. The number of amides is 2. The molecule has 1 saturated heterocycles. The first-order valence-electron chi connectivity index (χ1n) is 8.09. The molecule has 1 aromatic heterocycles. The number of nitrogens with zero attached hydrogens (tertiary/aromatic N) is 4. The standard InChI is InChI=1S/C15H26N6O2/c1-13(22)12-19-15(23)18-6-3-7-20-8-10-21(11-9-20)14-16-4-2-5-17-14/h2,4-5,13,22H,3,6-12H2,1H3,(H2,18,19,23)/t13-/m1/s1. The van der Waals surface area contributed by atoms with Gasteiger partial charge in [0.05, 0.1) is 6.10 Å². The van der Waals surface area contributed by atoms with Gasteiger partial charge in [-0.15, -0.1) is 0 Å². The van der Waals surface area contributed by atoms with E-state index in [2.05, 4.69) is 30.4 Å². The third-order valence-corrected chi connectivity index (χ3v) is 3.70. The van der Waals surface area contributed by atoms with Crippen molar-refractivity contribution in [3.8, 4) is 0 Å². The molecule has 1 aliphatic heterocycles. The highest BCUT2D eigenvalue weighted by Gasteiger charge is 2.18. The van der Waals surface area contributed by atoms with Crippen LogP contribution >= 0.6 is 0 Å². The monoisotopic (exact) mass is 322 g/mol. The van der Waals surface area contributed by atoms with Gasteiger partial charge in [0.15, 0.2) is 0 Å². The van der Waals surface area contributed by atoms with Crippen molar-refractivity contribution in [2.24, 2.45) is 0 Å². The average Bonchev–Trinajstić information content (AvgIpc) is 2.58. The topological polar surface area (TPSA) is 93.6 Å². The number of anilines is 1. The number of nitrogens with one attached hydrogen (secondary N) is 2. The number of carbonyl (C=O) groups is 1. The molecule has 2 heterocycles. The van der Waals surface area contributed by atoms with E-state index < -0.39 is 6.10 Å². The molecule has 128 valence electrons. The molecule has 0 aromatic carbocycles. The highest BCUT2D eigenvalue weighted by molar-refractivity contribution is 5.73.